The molecule has 0 radical (unpaired) electrons. The number of ketones is 1. The Bertz CT molecular complexity index is 524. The first-order chi connectivity index (χ1) is 9.71. The van der Waals surface area contributed by atoms with Crippen molar-refractivity contribution in [3.05, 3.63) is 29.3 Å². The van der Waals surface area contributed by atoms with Crippen LogP contribution in [0.15, 0.2) is 18.2 Å². The Morgan fingerprint density at radius 1 is 1.45 bits per heavy atom. The molecular formula is C17H21NO2. The summed E-state index contributed by atoms with van der Waals surface area (Å²) in [7, 11) is 1.64. The Hall–Kier alpha value is -1.82. The van der Waals surface area contributed by atoms with Gasteiger partial charge in [-0.25, -0.2) is 0 Å². The first-order valence-corrected chi connectivity index (χ1v) is 7.31. The standard InChI is InChI=1S/C17H21NO2/c1-3-12-10-14(8-9-16(12)20-2)15(11-18)17(19)13-6-4-5-7-13/h8-10,13,15H,3-7H2,1-2H3. The number of rotatable bonds is 5. The molecule has 20 heavy (non-hydrogen) atoms. The molecule has 3 nitrogen and oxygen atoms in total. The molecule has 106 valence electrons. The van der Waals surface area contributed by atoms with Gasteiger partial charge in [-0.15, -0.1) is 0 Å². The lowest BCUT2D eigenvalue weighted by Gasteiger charge is -2.15. The van der Waals surface area contributed by atoms with Crippen LogP contribution >= 0.6 is 0 Å². The summed E-state index contributed by atoms with van der Waals surface area (Å²) in [6, 6.07) is 7.84. The van der Waals surface area contributed by atoms with Crippen LogP contribution in [0.1, 0.15) is 49.7 Å². The predicted molar refractivity (Wildman–Crippen MR) is 77.7 cm³/mol. The highest BCUT2D eigenvalue weighted by atomic mass is 16.5. The largest absolute Gasteiger partial charge is 0.496 e. The topological polar surface area (TPSA) is 50.1 Å². The van der Waals surface area contributed by atoms with Gasteiger partial charge in [0, 0.05) is 5.92 Å². The highest BCUT2D eigenvalue weighted by Crippen LogP contribution is 2.32. The number of Topliss-reactive ketones (excluding diaryl/α,β-unsaturated/α-hetero) is 1. The molecule has 1 atom stereocenters. The lowest BCUT2D eigenvalue weighted by molar-refractivity contribution is -0.123. The number of carbonyl (C=O) groups excluding carboxylic acids is 1. The summed E-state index contributed by atoms with van der Waals surface area (Å²) in [4.78, 5) is 12.5. The fourth-order valence-electron chi connectivity index (χ4n) is 3.00. The number of hydrogen-bond donors (Lipinski definition) is 0. The Morgan fingerprint density at radius 2 is 2.15 bits per heavy atom. The maximum Gasteiger partial charge on any atom is 0.157 e. The highest BCUT2D eigenvalue weighted by molar-refractivity contribution is 5.90. The second-order valence-electron chi connectivity index (χ2n) is 5.37. The van der Waals surface area contributed by atoms with Crippen molar-refractivity contribution in [2.24, 2.45) is 5.92 Å². The zero-order chi connectivity index (χ0) is 14.5. The average Bonchev–Trinajstić information content (AvgIpc) is 3.01. The lowest BCUT2D eigenvalue weighted by atomic mass is 9.86. The van der Waals surface area contributed by atoms with E-state index in [-0.39, 0.29) is 11.7 Å². The average molecular weight is 271 g/mol. The fourth-order valence-corrected chi connectivity index (χ4v) is 3.00. The molecule has 0 aromatic heterocycles. The van der Waals surface area contributed by atoms with Crippen molar-refractivity contribution in [1.29, 1.82) is 5.26 Å². The Kier molecular flexibility index (Phi) is 4.79. The SMILES string of the molecule is CCc1cc(C(C#N)C(=O)C2CCCC2)ccc1OC. The zero-order valence-electron chi connectivity index (χ0n) is 12.2. The van der Waals surface area contributed by atoms with E-state index >= 15 is 0 Å². The van der Waals surface area contributed by atoms with E-state index in [1.807, 2.05) is 25.1 Å². The molecule has 0 heterocycles. The van der Waals surface area contributed by atoms with Gasteiger partial charge < -0.3 is 4.74 Å². The van der Waals surface area contributed by atoms with Gasteiger partial charge in [0.1, 0.15) is 11.7 Å². The maximum atomic E-state index is 12.5. The van der Waals surface area contributed by atoms with E-state index < -0.39 is 5.92 Å². The zero-order valence-corrected chi connectivity index (χ0v) is 12.2. The summed E-state index contributed by atoms with van der Waals surface area (Å²) >= 11 is 0. The van der Waals surface area contributed by atoms with Crippen molar-refractivity contribution >= 4 is 5.78 Å². The van der Waals surface area contributed by atoms with E-state index in [4.69, 9.17) is 4.74 Å². The molecule has 0 bridgehead atoms. The van der Waals surface area contributed by atoms with Gasteiger partial charge in [0.15, 0.2) is 5.78 Å². The Labute approximate surface area is 120 Å². The van der Waals surface area contributed by atoms with Gasteiger partial charge in [0.05, 0.1) is 13.2 Å². The second-order valence-corrected chi connectivity index (χ2v) is 5.37. The van der Waals surface area contributed by atoms with E-state index in [0.717, 1.165) is 49.0 Å². The van der Waals surface area contributed by atoms with Crippen LogP contribution in [0.3, 0.4) is 0 Å². The molecule has 0 spiro atoms. The molecule has 1 aliphatic rings. The third-order valence-corrected chi connectivity index (χ3v) is 4.19. The van der Waals surface area contributed by atoms with Crippen LogP contribution in [0, 0.1) is 17.2 Å². The quantitative estimate of drug-likeness (QED) is 0.821. The minimum Gasteiger partial charge on any atom is -0.496 e. The van der Waals surface area contributed by atoms with Gasteiger partial charge in [-0.2, -0.15) is 5.26 Å². The summed E-state index contributed by atoms with van der Waals surface area (Å²) < 4.78 is 5.30. The normalized spacial score (nSPS) is 16.6. The van der Waals surface area contributed by atoms with Crippen molar-refractivity contribution in [1.82, 2.24) is 0 Å². The lowest BCUT2D eigenvalue weighted by Crippen LogP contribution is -2.19. The van der Waals surface area contributed by atoms with Crippen LogP contribution < -0.4 is 4.74 Å². The van der Waals surface area contributed by atoms with Gasteiger partial charge in [-0.3, -0.25) is 4.79 Å². The van der Waals surface area contributed by atoms with E-state index in [0.29, 0.717) is 0 Å². The number of carbonyl (C=O) groups is 1. The molecule has 0 saturated heterocycles. The number of aryl methyl sites for hydroxylation is 1. The van der Waals surface area contributed by atoms with Crippen LogP contribution in [-0.2, 0) is 11.2 Å². The van der Waals surface area contributed by atoms with Crippen LogP contribution in [0.5, 0.6) is 5.75 Å². The molecule has 1 unspecified atom stereocenters. The summed E-state index contributed by atoms with van der Waals surface area (Å²) in [5.74, 6) is 0.361. The molecule has 1 aromatic carbocycles. The van der Waals surface area contributed by atoms with Crippen LogP contribution in [0.2, 0.25) is 0 Å². The molecule has 0 N–H and O–H groups in total. The van der Waals surface area contributed by atoms with E-state index in [1.165, 1.54) is 0 Å². The van der Waals surface area contributed by atoms with Crippen molar-refractivity contribution in [2.45, 2.75) is 44.9 Å². The molecular weight excluding hydrogens is 250 g/mol. The van der Waals surface area contributed by atoms with E-state index in [1.54, 1.807) is 7.11 Å². The van der Waals surface area contributed by atoms with Gasteiger partial charge in [-0.1, -0.05) is 31.9 Å². The van der Waals surface area contributed by atoms with Crippen molar-refractivity contribution < 1.29 is 9.53 Å². The molecule has 0 amide bonds. The van der Waals surface area contributed by atoms with Crippen molar-refractivity contribution in [2.75, 3.05) is 7.11 Å². The fraction of sp³-hybridized carbons (Fsp3) is 0.529. The molecule has 0 aliphatic heterocycles. The van der Waals surface area contributed by atoms with Gasteiger partial charge in [0.25, 0.3) is 0 Å². The van der Waals surface area contributed by atoms with Crippen LogP contribution in [0.4, 0.5) is 0 Å². The van der Waals surface area contributed by atoms with Gasteiger partial charge in [-0.05, 0) is 36.5 Å². The molecule has 1 fully saturated rings. The minimum atomic E-state index is -0.630. The van der Waals surface area contributed by atoms with Gasteiger partial charge >= 0.3 is 0 Å². The third kappa shape index (κ3) is 2.85. The third-order valence-electron chi connectivity index (χ3n) is 4.19. The minimum absolute atomic E-state index is 0.0758. The number of nitrogens with zero attached hydrogens (tertiary/aromatic N) is 1. The smallest absolute Gasteiger partial charge is 0.157 e. The van der Waals surface area contributed by atoms with Crippen molar-refractivity contribution in [3.8, 4) is 11.8 Å². The van der Waals surface area contributed by atoms with Crippen LogP contribution in [0.25, 0.3) is 0 Å². The van der Waals surface area contributed by atoms with Gasteiger partial charge in [0.2, 0.25) is 0 Å². The monoisotopic (exact) mass is 271 g/mol. The molecule has 3 heteroatoms. The number of benzene rings is 1. The number of ether oxygens (including phenoxy) is 1. The first-order valence-electron chi connectivity index (χ1n) is 7.31. The summed E-state index contributed by atoms with van der Waals surface area (Å²) in [6.45, 7) is 2.04. The second kappa shape index (κ2) is 6.56. The maximum absolute atomic E-state index is 12.5. The summed E-state index contributed by atoms with van der Waals surface area (Å²) in [5.41, 5.74) is 1.85. The Morgan fingerprint density at radius 3 is 2.70 bits per heavy atom. The van der Waals surface area contributed by atoms with E-state index in [2.05, 4.69) is 6.07 Å². The number of nitriles is 1. The highest BCUT2D eigenvalue weighted by Gasteiger charge is 2.30. The summed E-state index contributed by atoms with van der Waals surface area (Å²) in [6.07, 6.45) is 4.92. The first kappa shape index (κ1) is 14.6. The number of methoxy groups -OCH3 is 1. The van der Waals surface area contributed by atoms with E-state index in [9.17, 15) is 10.1 Å². The Balaban J connectivity index is 2.27. The number of hydrogen-bond acceptors (Lipinski definition) is 3. The van der Waals surface area contributed by atoms with Crippen LogP contribution in [-0.4, -0.2) is 12.9 Å². The molecule has 1 saturated carbocycles. The molecule has 1 aliphatic carbocycles. The predicted octanol–water partition coefficient (Wildman–Crippen LogP) is 3.62. The van der Waals surface area contributed by atoms with Crippen molar-refractivity contribution in [3.63, 3.8) is 0 Å². The molecule has 1 aromatic rings. The molecule has 2 rings (SSSR count). The summed E-state index contributed by atoms with van der Waals surface area (Å²) in [5, 5.41) is 9.40.